The summed E-state index contributed by atoms with van der Waals surface area (Å²) in [7, 11) is 0. The van der Waals surface area contributed by atoms with Crippen molar-refractivity contribution in [2.75, 3.05) is 6.54 Å². The Morgan fingerprint density at radius 2 is 1.91 bits per heavy atom. The van der Waals surface area contributed by atoms with Gasteiger partial charge in [0, 0.05) is 18.2 Å². The van der Waals surface area contributed by atoms with Gasteiger partial charge in [-0.1, -0.05) is 48.5 Å². The maximum Gasteiger partial charge on any atom is 0.150 e. The Morgan fingerprint density at radius 3 is 2.74 bits per heavy atom. The van der Waals surface area contributed by atoms with Crippen LogP contribution in [0, 0.1) is 0 Å². The molecule has 0 unspecified atom stereocenters. The lowest BCUT2D eigenvalue weighted by Gasteiger charge is -2.45. The highest BCUT2D eigenvalue weighted by Crippen LogP contribution is 2.41. The van der Waals surface area contributed by atoms with Gasteiger partial charge in [-0.2, -0.15) is 0 Å². The van der Waals surface area contributed by atoms with E-state index in [1.165, 1.54) is 42.5 Å². The van der Waals surface area contributed by atoms with Crippen molar-refractivity contribution in [3.8, 4) is 0 Å². The molecule has 2 heteroatoms. The van der Waals surface area contributed by atoms with Crippen LogP contribution >= 0.6 is 0 Å². The van der Waals surface area contributed by atoms with Crippen molar-refractivity contribution in [2.24, 2.45) is 0 Å². The molecule has 0 N–H and O–H groups in total. The third-order valence-electron chi connectivity index (χ3n) is 5.59. The Hall–Kier alpha value is -1.93. The first-order valence-corrected chi connectivity index (χ1v) is 8.72. The second kappa shape index (κ2) is 6.29. The van der Waals surface area contributed by atoms with Gasteiger partial charge in [0.1, 0.15) is 6.29 Å². The molecular formula is C21H23NO. The van der Waals surface area contributed by atoms with Gasteiger partial charge < -0.3 is 0 Å². The molecule has 1 saturated heterocycles. The fraction of sp³-hybridized carbons (Fsp3) is 0.381. The zero-order valence-electron chi connectivity index (χ0n) is 13.4. The summed E-state index contributed by atoms with van der Waals surface area (Å²) >= 11 is 0. The molecule has 0 radical (unpaired) electrons. The third kappa shape index (κ3) is 2.72. The van der Waals surface area contributed by atoms with Crippen LogP contribution in [-0.2, 0) is 13.0 Å². The van der Waals surface area contributed by atoms with Crippen molar-refractivity contribution in [2.45, 2.75) is 44.2 Å². The topological polar surface area (TPSA) is 20.3 Å². The summed E-state index contributed by atoms with van der Waals surface area (Å²) in [5.41, 5.74) is 5.05. The Morgan fingerprint density at radius 1 is 1.04 bits per heavy atom. The van der Waals surface area contributed by atoms with Gasteiger partial charge >= 0.3 is 0 Å². The van der Waals surface area contributed by atoms with Crippen LogP contribution in [0.3, 0.4) is 0 Å². The molecule has 2 atom stereocenters. The summed E-state index contributed by atoms with van der Waals surface area (Å²) in [5.74, 6) is 0.594. The van der Waals surface area contributed by atoms with Crippen molar-refractivity contribution in [3.05, 3.63) is 70.8 Å². The first kappa shape index (κ1) is 14.6. The van der Waals surface area contributed by atoms with E-state index < -0.39 is 0 Å². The minimum atomic E-state index is 0.594. The number of rotatable bonds is 3. The number of benzene rings is 2. The van der Waals surface area contributed by atoms with Crippen molar-refractivity contribution in [1.82, 2.24) is 4.90 Å². The van der Waals surface area contributed by atoms with Gasteiger partial charge in [-0.05, 0) is 54.8 Å². The van der Waals surface area contributed by atoms with Crippen LogP contribution in [0.4, 0.5) is 0 Å². The fourth-order valence-electron chi connectivity index (χ4n) is 4.55. The zero-order valence-corrected chi connectivity index (χ0v) is 13.4. The molecule has 2 aliphatic rings. The molecule has 1 fully saturated rings. The van der Waals surface area contributed by atoms with Crippen LogP contribution < -0.4 is 0 Å². The molecule has 0 bridgehead atoms. The van der Waals surface area contributed by atoms with Crippen LogP contribution in [0.1, 0.15) is 52.2 Å². The molecule has 2 nitrogen and oxygen atoms in total. The molecule has 1 heterocycles. The monoisotopic (exact) mass is 305 g/mol. The Bertz CT molecular complexity index is 694. The van der Waals surface area contributed by atoms with E-state index in [-0.39, 0.29) is 0 Å². The average molecular weight is 305 g/mol. The number of likely N-dealkylation sites (tertiary alicyclic amines) is 1. The molecule has 0 spiro atoms. The van der Waals surface area contributed by atoms with Gasteiger partial charge in [0.2, 0.25) is 0 Å². The van der Waals surface area contributed by atoms with Crippen LogP contribution in [0.2, 0.25) is 0 Å². The summed E-state index contributed by atoms with van der Waals surface area (Å²) in [6.07, 6.45) is 5.75. The fourth-order valence-corrected chi connectivity index (χ4v) is 4.55. The number of fused-ring (bicyclic) bond motifs is 3. The maximum atomic E-state index is 11.3. The lowest BCUT2D eigenvalue weighted by Crippen LogP contribution is -2.46. The molecule has 0 amide bonds. The van der Waals surface area contributed by atoms with Crippen molar-refractivity contribution >= 4 is 6.29 Å². The molecule has 23 heavy (non-hydrogen) atoms. The van der Waals surface area contributed by atoms with E-state index in [0.717, 1.165) is 24.8 Å². The van der Waals surface area contributed by atoms with Crippen LogP contribution in [-0.4, -0.2) is 23.8 Å². The van der Waals surface area contributed by atoms with Crippen molar-refractivity contribution < 1.29 is 4.79 Å². The molecule has 118 valence electrons. The second-order valence-corrected chi connectivity index (χ2v) is 6.84. The Balaban J connectivity index is 1.62. The number of aldehydes is 1. The predicted octanol–water partition coefficient (Wildman–Crippen LogP) is 4.19. The van der Waals surface area contributed by atoms with E-state index in [1.54, 1.807) is 0 Å². The van der Waals surface area contributed by atoms with E-state index in [1.807, 2.05) is 6.07 Å². The molecule has 1 aliphatic carbocycles. The quantitative estimate of drug-likeness (QED) is 0.792. The summed E-state index contributed by atoms with van der Waals surface area (Å²) in [4.78, 5) is 14.0. The molecule has 0 aromatic heterocycles. The maximum absolute atomic E-state index is 11.3. The molecular weight excluding hydrogens is 282 g/mol. The van der Waals surface area contributed by atoms with Gasteiger partial charge in [0.25, 0.3) is 0 Å². The number of nitrogens with zero attached hydrogens (tertiary/aromatic N) is 1. The highest BCUT2D eigenvalue weighted by Gasteiger charge is 2.36. The molecule has 4 rings (SSSR count). The van der Waals surface area contributed by atoms with Crippen LogP contribution in [0.15, 0.2) is 48.5 Å². The van der Waals surface area contributed by atoms with Gasteiger partial charge in [-0.15, -0.1) is 0 Å². The lowest BCUT2D eigenvalue weighted by atomic mass is 9.73. The Labute approximate surface area is 138 Å². The molecule has 2 aromatic carbocycles. The van der Waals surface area contributed by atoms with E-state index in [0.29, 0.717) is 12.0 Å². The van der Waals surface area contributed by atoms with Gasteiger partial charge in [0.05, 0.1) is 0 Å². The van der Waals surface area contributed by atoms with E-state index in [4.69, 9.17) is 0 Å². The first-order valence-electron chi connectivity index (χ1n) is 8.72. The summed E-state index contributed by atoms with van der Waals surface area (Å²) in [6, 6.07) is 17.7. The zero-order chi connectivity index (χ0) is 15.6. The van der Waals surface area contributed by atoms with Crippen LogP contribution in [0.5, 0.6) is 0 Å². The smallest absolute Gasteiger partial charge is 0.150 e. The summed E-state index contributed by atoms with van der Waals surface area (Å²) < 4.78 is 0. The third-order valence-corrected chi connectivity index (χ3v) is 5.59. The van der Waals surface area contributed by atoms with Gasteiger partial charge in [0.15, 0.2) is 0 Å². The minimum absolute atomic E-state index is 0.594. The average Bonchev–Trinajstić information content (AvgIpc) is 2.62. The number of hydrogen-bond donors (Lipinski definition) is 0. The normalized spacial score (nSPS) is 23.8. The van der Waals surface area contributed by atoms with E-state index in [9.17, 15) is 4.79 Å². The van der Waals surface area contributed by atoms with E-state index >= 15 is 0 Å². The minimum Gasteiger partial charge on any atom is -0.298 e. The van der Waals surface area contributed by atoms with E-state index in [2.05, 4.69) is 47.4 Å². The van der Waals surface area contributed by atoms with Crippen molar-refractivity contribution in [1.29, 1.82) is 0 Å². The molecule has 1 aliphatic heterocycles. The summed E-state index contributed by atoms with van der Waals surface area (Å²) in [5, 5.41) is 0. The number of hydrogen-bond acceptors (Lipinski definition) is 2. The molecule has 0 saturated carbocycles. The predicted molar refractivity (Wildman–Crippen MR) is 92.8 cm³/mol. The summed E-state index contributed by atoms with van der Waals surface area (Å²) in [6.45, 7) is 2.24. The number of piperidine rings is 1. The number of carbonyl (C=O) groups is 1. The van der Waals surface area contributed by atoms with Crippen LogP contribution in [0.25, 0.3) is 0 Å². The first-order chi connectivity index (χ1) is 11.4. The lowest BCUT2D eigenvalue weighted by molar-refractivity contribution is 0.104. The molecule has 2 aromatic rings. The second-order valence-electron chi connectivity index (χ2n) is 6.84. The van der Waals surface area contributed by atoms with Crippen molar-refractivity contribution in [3.63, 3.8) is 0 Å². The largest absolute Gasteiger partial charge is 0.298 e. The highest BCUT2D eigenvalue weighted by molar-refractivity contribution is 5.78. The number of carbonyl (C=O) groups excluding carboxylic acids is 1. The Kier molecular flexibility index (Phi) is 4.00. The standard InChI is InChI=1S/C21H23NO/c23-15-17-8-4-9-19-18(17)11-12-21-20(19)10-5-13-22(21)14-16-6-2-1-3-7-16/h1-4,6-9,15,20-21H,5,10-14H2/t20-,21+/m1/s1. The van der Waals surface area contributed by atoms with Gasteiger partial charge in [-0.3, -0.25) is 9.69 Å². The highest BCUT2D eigenvalue weighted by atomic mass is 16.1. The SMILES string of the molecule is O=Cc1cccc2c1CC[C@H]1[C@@H]2CCCN1Cc1ccccc1. The van der Waals surface area contributed by atoms with Gasteiger partial charge in [-0.25, -0.2) is 0 Å².